The van der Waals surface area contributed by atoms with Crippen LogP contribution in [0.1, 0.15) is 39.2 Å². The van der Waals surface area contributed by atoms with Gasteiger partial charge in [0.2, 0.25) is 0 Å². The number of aromatic carboxylic acids is 1. The number of anilines is 1. The van der Waals surface area contributed by atoms with Crippen molar-refractivity contribution in [1.82, 2.24) is 14.9 Å². The number of hydrogen-bond donors (Lipinski definition) is 2. The van der Waals surface area contributed by atoms with Crippen LogP contribution in [0, 0.1) is 19.8 Å². The van der Waals surface area contributed by atoms with E-state index in [4.69, 9.17) is 0 Å². The summed E-state index contributed by atoms with van der Waals surface area (Å²) in [5.41, 5.74) is 3.42. The molecule has 29 heavy (non-hydrogen) atoms. The first kappa shape index (κ1) is 19.8. The minimum Gasteiger partial charge on any atom is -0.477 e. The maximum absolute atomic E-state index is 11.4. The van der Waals surface area contributed by atoms with Crippen molar-refractivity contribution in [2.45, 2.75) is 33.2 Å². The molecule has 1 aromatic carbocycles. The number of hydrogen-bond acceptors (Lipinski definition) is 6. The number of aryl methyl sites for hydroxylation is 2. The molecule has 1 aliphatic heterocycles. The number of piperidine rings is 1. The van der Waals surface area contributed by atoms with E-state index >= 15 is 0 Å². The van der Waals surface area contributed by atoms with Crippen LogP contribution in [0.25, 0.3) is 10.2 Å². The van der Waals surface area contributed by atoms with Crippen LogP contribution in [0.4, 0.5) is 5.82 Å². The summed E-state index contributed by atoms with van der Waals surface area (Å²) >= 11 is 1.21. The molecular formula is C22H26N4O2S. The first-order valence-electron chi connectivity index (χ1n) is 10.0. The van der Waals surface area contributed by atoms with E-state index in [0.717, 1.165) is 60.6 Å². The number of nitrogens with zero attached hydrogens (tertiary/aromatic N) is 3. The van der Waals surface area contributed by atoms with Gasteiger partial charge in [-0.2, -0.15) is 0 Å². The fourth-order valence-corrected chi connectivity index (χ4v) is 4.94. The first-order valence-corrected chi connectivity index (χ1v) is 10.8. The second-order valence-electron chi connectivity index (χ2n) is 7.85. The number of likely N-dealkylation sites (tertiary alicyclic amines) is 1. The van der Waals surface area contributed by atoms with Gasteiger partial charge in [-0.1, -0.05) is 29.8 Å². The van der Waals surface area contributed by atoms with Crippen LogP contribution >= 0.6 is 11.3 Å². The summed E-state index contributed by atoms with van der Waals surface area (Å²) in [6.07, 6.45) is 3.81. The predicted octanol–water partition coefficient (Wildman–Crippen LogP) is 4.33. The number of carboxylic acid groups (broad SMARTS) is 1. The van der Waals surface area contributed by atoms with Crippen LogP contribution in [-0.4, -0.2) is 45.6 Å². The SMILES string of the molecule is Cc1ccc(CN2CCC(CNc3ncnc4sc(C(=O)O)c(C)c34)CC2)cc1. The minimum absolute atomic E-state index is 0.341. The highest BCUT2D eigenvalue weighted by molar-refractivity contribution is 7.20. The van der Waals surface area contributed by atoms with E-state index in [-0.39, 0.29) is 0 Å². The maximum Gasteiger partial charge on any atom is 0.346 e. The lowest BCUT2D eigenvalue weighted by Gasteiger charge is -2.32. The molecule has 0 bridgehead atoms. The molecule has 2 N–H and O–H groups in total. The van der Waals surface area contributed by atoms with Gasteiger partial charge in [0.15, 0.2) is 0 Å². The highest BCUT2D eigenvalue weighted by Crippen LogP contribution is 2.33. The third-order valence-electron chi connectivity index (χ3n) is 5.71. The molecular weight excluding hydrogens is 384 g/mol. The van der Waals surface area contributed by atoms with Gasteiger partial charge in [0.05, 0.1) is 5.39 Å². The molecule has 1 aliphatic rings. The number of carboxylic acids is 1. The average Bonchev–Trinajstić information content (AvgIpc) is 3.07. The van der Waals surface area contributed by atoms with E-state index in [1.54, 1.807) is 0 Å². The molecule has 152 valence electrons. The molecule has 2 aromatic heterocycles. The molecule has 1 saturated heterocycles. The fourth-order valence-electron chi connectivity index (χ4n) is 3.95. The summed E-state index contributed by atoms with van der Waals surface area (Å²) < 4.78 is 0. The van der Waals surface area contributed by atoms with Crippen molar-refractivity contribution in [2.24, 2.45) is 5.92 Å². The molecule has 7 heteroatoms. The van der Waals surface area contributed by atoms with Gasteiger partial charge in [0, 0.05) is 13.1 Å². The van der Waals surface area contributed by atoms with Crippen molar-refractivity contribution in [3.63, 3.8) is 0 Å². The topological polar surface area (TPSA) is 78.3 Å². The Balaban J connectivity index is 1.35. The molecule has 0 saturated carbocycles. The quantitative estimate of drug-likeness (QED) is 0.630. The van der Waals surface area contributed by atoms with Crippen LogP contribution in [0.2, 0.25) is 0 Å². The van der Waals surface area contributed by atoms with Gasteiger partial charge in [-0.05, 0) is 56.8 Å². The maximum atomic E-state index is 11.4. The van der Waals surface area contributed by atoms with Gasteiger partial charge >= 0.3 is 5.97 Å². The summed E-state index contributed by atoms with van der Waals surface area (Å²) in [5, 5.41) is 13.7. The second-order valence-corrected chi connectivity index (χ2v) is 8.85. The van der Waals surface area contributed by atoms with Crippen molar-refractivity contribution in [2.75, 3.05) is 25.0 Å². The van der Waals surface area contributed by atoms with Crippen molar-refractivity contribution in [3.8, 4) is 0 Å². The zero-order valence-corrected chi connectivity index (χ0v) is 17.6. The zero-order chi connectivity index (χ0) is 20.4. The Morgan fingerprint density at radius 2 is 1.93 bits per heavy atom. The average molecular weight is 411 g/mol. The molecule has 4 rings (SSSR count). The minimum atomic E-state index is -0.905. The normalized spacial score (nSPS) is 15.7. The van der Waals surface area contributed by atoms with Crippen molar-refractivity contribution >= 4 is 33.3 Å². The third kappa shape index (κ3) is 4.41. The highest BCUT2D eigenvalue weighted by atomic mass is 32.1. The lowest BCUT2D eigenvalue weighted by molar-refractivity contribution is 0.0701. The van der Waals surface area contributed by atoms with Crippen molar-refractivity contribution < 1.29 is 9.90 Å². The summed E-state index contributed by atoms with van der Waals surface area (Å²) in [7, 11) is 0. The fraction of sp³-hybridized carbons (Fsp3) is 0.409. The second kappa shape index (κ2) is 8.47. The number of nitrogens with one attached hydrogen (secondary N) is 1. The van der Waals surface area contributed by atoms with E-state index in [1.165, 1.54) is 28.8 Å². The van der Waals surface area contributed by atoms with E-state index < -0.39 is 5.97 Å². The van der Waals surface area contributed by atoms with Gasteiger partial charge < -0.3 is 10.4 Å². The van der Waals surface area contributed by atoms with Crippen molar-refractivity contribution in [1.29, 1.82) is 0 Å². The lowest BCUT2D eigenvalue weighted by Crippen LogP contribution is -2.35. The Bertz CT molecular complexity index is 1010. The van der Waals surface area contributed by atoms with Crippen LogP contribution in [-0.2, 0) is 6.54 Å². The molecule has 0 spiro atoms. The van der Waals surface area contributed by atoms with Gasteiger partial charge in [0.25, 0.3) is 0 Å². The monoisotopic (exact) mass is 410 g/mol. The summed E-state index contributed by atoms with van der Waals surface area (Å²) in [4.78, 5) is 23.6. The Labute approximate surface area is 174 Å². The first-order chi connectivity index (χ1) is 14.0. The molecule has 0 radical (unpaired) electrons. The molecule has 0 atom stereocenters. The van der Waals surface area contributed by atoms with Crippen molar-refractivity contribution in [3.05, 3.63) is 52.2 Å². The van der Waals surface area contributed by atoms with E-state index in [2.05, 4.69) is 51.4 Å². The van der Waals surface area contributed by atoms with Gasteiger partial charge in [-0.15, -0.1) is 11.3 Å². The number of rotatable bonds is 6. The Morgan fingerprint density at radius 3 is 2.62 bits per heavy atom. The van der Waals surface area contributed by atoms with Gasteiger partial charge in [-0.25, -0.2) is 14.8 Å². The number of thiophene rings is 1. The predicted molar refractivity (Wildman–Crippen MR) is 117 cm³/mol. The van der Waals surface area contributed by atoms with Crippen LogP contribution in [0.5, 0.6) is 0 Å². The summed E-state index contributed by atoms with van der Waals surface area (Å²) in [6.45, 7) is 8.01. The van der Waals surface area contributed by atoms with Crippen LogP contribution in [0.3, 0.4) is 0 Å². The van der Waals surface area contributed by atoms with Gasteiger partial charge in [-0.3, -0.25) is 4.90 Å². The highest BCUT2D eigenvalue weighted by Gasteiger charge is 2.21. The van der Waals surface area contributed by atoms with Gasteiger partial charge in [0.1, 0.15) is 21.9 Å². The Hall–Kier alpha value is -2.51. The number of aromatic nitrogens is 2. The Morgan fingerprint density at radius 1 is 1.21 bits per heavy atom. The molecule has 3 heterocycles. The van der Waals surface area contributed by atoms with Crippen LogP contribution in [0.15, 0.2) is 30.6 Å². The molecule has 3 aromatic rings. The molecule has 0 aliphatic carbocycles. The zero-order valence-electron chi connectivity index (χ0n) is 16.8. The molecule has 1 fully saturated rings. The van der Waals surface area contributed by atoms with E-state index in [9.17, 15) is 9.90 Å². The number of fused-ring (bicyclic) bond motifs is 1. The van der Waals surface area contributed by atoms with E-state index in [0.29, 0.717) is 10.8 Å². The molecule has 0 amide bonds. The third-order valence-corrected chi connectivity index (χ3v) is 6.90. The number of benzene rings is 1. The number of carbonyl (C=O) groups is 1. The smallest absolute Gasteiger partial charge is 0.346 e. The molecule has 0 unspecified atom stereocenters. The Kier molecular flexibility index (Phi) is 5.78. The van der Waals surface area contributed by atoms with Crippen LogP contribution < -0.4 is 5.32 Å². The molecule has 6 nitrogen and oxygen atoms in total. The van der Waals surface area contributed by atoms with E-state index in [1.807, 2.05) is 6.92 Å². The standard InChI is InChI=1S/C22H26N4O2S/c1-14-3-5-17(6-4-14)12-26-9-7-16(8-10-26)11-23-20-18-15(2)19(22(27)28)29-21(18)25-13-24-20/h3-6,13,16H,7-12H2,1-2H3,(H,27,28)(H,23,24,25). The summed E-state index contributed by atoms with van der Waals surface area (Å²) in [5.74, 6) is 0.433. The summed E-state index contributed by atoms with van der Waals surface area (Å²) in [6, 6.07) is 8.79. The lowest BCUT2D eigenvalue weighted by atomic mass is 9.96. The largest absolute Gasteiger partial charge is 0.477 e.